The number of nitrogens with zero attached hydrogens (tertiary/aromatic N) is 4. The Morgan fingerprint density at radius 1 is 0.966 bits per heavy atom. The van der Waals surface area contributed by atoms with E-state index >= 15 is 0 Å². The summed E-state index contributed by atoms with van der Waals surface area (Å²) in [6, 6.07) is 12.7. The number of aryl methyl sites for hydroxylation is 1. The molecule has 2 aliphatic heterocycles. The highest BCUT2D eigenvalue weighted by Crippen LogP contribution is 2.24. The summed E-state index contributed by atoms with van der Waals surface area (Å²) in [5, 5.41) is 0. The molecule has 2 aliphatic rings. The van der Waals surface area contributed by atoms with Crippen LogP contribution in [0.2, 0.25) is 0 Å². The Labute approximate surface area is 170 Å². The van der Waals surface area contributed by atoms with E-state index in [1.807, 2.05) is 35.2 Å². The van der Waals surface area contributed by atoms with Crippen molar-refractivity contribution >= 4 is 17.5 Å². The molecule has 152 valence electrons. The van der Waals surface area contributed by atoms with Gasteiger partial charge in [0.2, 0.25) is 5.91 Å². The van der Waals surface area contributed by atoms with Crippen molar-refractivity contribution in [1.29, 1.82) is 0 Å². The van der Waals surface area contributed by atoms with E-state index in [1.165, 1.54) is 10.6 Å². The number of anilines is 1. The van der Waals surface area contributed by atoms with Crippen LogP contribution in [0.1, 0.15) is 23.2 Å². The molecule has 2 amide bonds. The fraction of sp³-hybridized carbons (Fsp3) is 0.409. The molecule has 1 aromatic heterocycles. The molecule has 2 saturated heterocycles. The minimum absolute atomic E-state index is 0.122. The van der Waals surface area contributed by atoms with Crippen LogP contribution in [-0.2, 0) is 11.8 Å². The smallest absolute Gasteiger partial charge is 0.254 e. The number of benzene rings is 1. The number of pyridine rings is 1. The second-order valence-corrected chi connectivity index (χ2v) is 7.68. The van der Waals surface area contributed by atoms with Crippen molar-refractivity contribution in [3.8, 4) is 0 Å². The summed E-state index contributed by atoms with van der Waals surface area (Å²) in [4.78, 5) is 43.5. The Balaban J connectivity index is 1.40. The average Bonchev–Trinajstić information content (AvgIpc) is 2.76. The molecular formula is C22H26N4O3. The van der Waals surface area contributed by atoms with Crippen LogP contribution in [0, 0.1) is 0 Å². The maximum absolute atomic E-state index is 13.1. The minimum Gasteiger partial charge on any atom is -0.336 e. The quantitative estimate of drug-likeness (QED) is 0.788. The maximum atomic E-state index is 13.1. The number of piperidine rings is 1. The Bertz CT molecular complexity index is 948. The monoisotopic (exact) mass is 394 g/mol. The Kier molecular flexibility index (Phi) is 5.49. The van der Waals surface area contributed by atoms with Crippen molar-refractivity contribution in [1.82, 2.24) is 14.4 Å². The van der Waals surface area contributed by atoms with Gasteiger partial charge in [-0.2, -0.15) is 0 Å². The number of carbonyl (C=O) groups is 2. The van der Waals surface area contributed by atoms with Crippen molar-refractivity contribution in [2.24, 2.45) is 7.05 Å². The SMILES string of the molecule is Cn1ccc(C(=O)N2CCN(C3CCCN(c4ccccc4)C3=O)CC2)cc1=O. The number of hydrogen-bond acceptors (Lipinski definition) is 4. The summed E-state index contributed by atoms with van der Waals surface area (Å²) in [5.74, 6) is 0.0250. The number of para-hydroxylation sites is 1. The van der Waals surface area contributed by atoms with Gasteiger partial charge in [0.25, 0.3) is 11.5 Å². The van der Waals surface area contributed by atoms with Crippen LogP contribution in [0.4, 0.5) is 5.69 Å². The molecule has 7 heteroatoms. The van der Waals surface area contributed by atoms with Crippen LogP contribution in [0.25, 0.3) is 0 Å². The number of carbonyl (C=O) groups excluding carboxylic acids is 2. The lowest BCUT2D eigenvalue weighted by Crippen LogP contribution is -2.58. The minimum atomic E-state index is -0.191. The Morgan fingerprint density at radius 2 is 1.69 bits per heavy atom. The van der Waals surface area contributed by atoms with Gasteiger partial charge in [-0.15, -0.1) is 0 Å². The number of rotatable bonds is 3. The summed E-state index contributed by atoms with van der Waals surface area (Å²) in [6.07, 6.45) is 3.44. The van der Waals surface area contributed by atoms with E-state index in [-0.39, 0.29) is 23.4 Å². The first-order valence-electron chi connectivity index (χ1n) is 10.1. The van der Waals surface area contributed by atoms with Crippen LogP contribution < -0.4 is 10.5 Å². The Morgan fingerprint density at radius 3 is 2.38 bits per heavy atom. The molecule has 0 bridgehead atoms. The van der Waals surface area contributed by atoms with Gasteiger partial charge in [0.1, 0.15) is 0 Å². The van der Waals surface area contributed by atoms with Gasteiger partial charge in [-0.3, -0.25) is 19.3 Å². The van der Waals surface area contributed by atoms with Gasteiger partial charge in [0.05, 0.1) is 6.04 Å². The molecule has 0 radical (unpaired) electrons. The van der Waals surface area contributed by atoms with Crippen molar-refractivity contribution < 1.29 is 9.59 Å². The van der Waals surface area contributed by atoms with E-state index in [0.29, 0.717) is 31.7 Å². The van der Waals surface area contributed by atoms with Crippen LogP contribution in [0.15, 0.2) is 53.5 Å². The van der Waals surface area contributed by atoms with E-state index in [4.69, 9.17) is 0 Å². The maximum Gasteiger partial charge on any atom is 0.254 e. The molecular weight excluding hydrogens is 368 g/mol. The standard InChI is InChI=1S/C22H26N4O3/c1-23-11-9-17(16-20(23)27)21(28)25-14-12-24(13-15-25)19-8-5-10-26(22(19)29)18-6-3-2-4-7-18/h2-4,6-7,9,11,16,19H,5,8,10,12-15H2,1H3. The van der Waals surface area contributed by atoms with E-state index in [9.17, 15) is 14.4 Å². The lowest BCUT2D eigenvalue weighted by molar-refractivity contribution is -0.126. The van der Waals surface area contributed by atoms with Crippen molar-refractivity contribution in [3.63, 3.8) is 0 Å². The molecule has 1 unspecified atom stereocenters. The largest absolute Gasteiger partial charge is 0.336 e. The average molecular weight is 394 g/mol. The van der Waals surface area contributed by atoms with E-state index in [1.54, 1.807) is 24.2 Å². The summed E-state index contributed by atoms with van der Waals surface area (Å²) in [6.45, 7) is 3.19. The fourth-order valence-electron chi connectivity index (χ4n) is 4.16. The van der Waals surface area contributed by atoms with Gasteiger partial charge in [0, 0.05) is 63.3 Å². The van der Waals surface area contributed by atoms with Crippen molar-refractivity contribution in [2.75, 3.05) is 37.6 Å². The zero-order valence-corrected chi connectivity index (χ0v) is 16.7. The molecule has 1 atom stereocenters. The predicted octanol–water partition coefficient (Wildman–Crippen LogP) is 1.34. The molecule has 3 heterocycles. The molecule has 1 aromatic carbocycles. The molecule has 0 N–H and O–H groups in total. The zero-order valence-electron chi connectivity index (χ0n) is 16.7. The highest BCUT2D eigenvalue weighted by Gasteiger charge is 2.36. The zero-order chi connectivity index (χ0) is 20.4. The second-order valence-electron chi connectivity index (χ2n) is 7.68. The highest BCUT2D eigenvalue weighted by atomic mass is 16.2. The molecule has 0 saturated carbocycles. The number of aromatic nitrogens is 1. The lowest BCUT2D eigenvalue weighted by Gasteiger charge is -2.42. The fourth-order valence-corrected chi connectivity index (χ4v) is 4.16. The van der Waals surface area contributed by atoms with Gasteiger partial charge in [-0.1, -0.05) is 18.2 Å². The van der Waals surface area contributed by atoms with E-state index in [0.717, 1.165) is 25.1 Å². The van der Waals surface area contributed by atoms with E-state index in [2.05, 4.69) is 4.90 Å². The lowest BCUT2D eigenvalue weighted by atomic mass is 10.0. The van der Waals surface area contributed by atoms with Gasteiger partial charge in [0.15, 0.2) is 0 Å². The first-order valence-corrected chi connectivity index (χ1v) is 10.1. The third-order valence-corrected chi connectivity index (χ3v) is 5.87. The summed E-state index contributed by atoms with van der Waals surface area (Å²) in [7, 11) is 1.66. The van der Waals surface area contributed by atoms with Gasteiger partial charge in [-0.25, -0.2) is 0 Å². The summed E-state index contributed by atoms with van der Waals surface area (Å²) >= 11 is 0. The molecule has 2 aromatic rings. The number of piperazine rings is 1. The van der Waals surface area contributed by atoms with Gasteiger partial charge < -0.3 is 14.4 Å². The normalized spacial score (nSPS) is 20.7. The first kappa shape index (κ1) is 19.4. The van der Waals surface area contributed by atoms with Crippen LogP contribution in [-0.4, -0.2) is 64.9 Å². The predicted molar refractivity (Wildman–Crippen MR) is 111 cm³/mol. The number of amides is 2. The second kappa shape index (κ2) is 8.21. The number of hydrogen-bond donors (Lipinski definition) is 0. The molecule has 2 fully saturated rings. The van der Waals surface area contributed by atoms with Crippen molar-refractivity contribution in [2.45, 2.75) is 18.9 Å². The third-order valence-electron chi connectivity index (χ3n) is 5.87. The van der Waals surface area contributed by atoms with Crippen molar-refractivity contribution in [3.05, 3.63) is 64.6 Å². The Hall–Kier alpha value is -2.93. The van der Waals surface area contributed by atoms with Crippen LogP contribution in [0.3, 0.4) is 0 Å². The molecule has 29 heavy (non-hydrogen) atoms. The molecule has 4 rings (SSSR count). The molecule has 0 aliphatic carbocycles. The van der Waals surface area contributed by atoms with Crippen LogP contribution in [0.5, 0.6) is 0 Å². The van der Waals surface area contributed by atoms with E-state index < -0.39 is 0 Å². The molecule has 7 nitrogen and oxygen atoms in total. The van der Waals surface area contributed by atoms with Gasteiger partial charge in [-0.05, 0) is 31.0 Å². The molecule has 0 spiro atoms. The van der Waals surface area contributed by atoms with Gasteiger partial charge >= 0.3 is 0 Å². The van der Waals surface area contributed by atoms with Crippen LogP contribution >= 0.6 is 0 Å². The summed E-state index contributed by atoms with van der Waals surface area (Å²) in [5.41, 5.74) is 1.18. The topological polar surface area (TPSA) is 65.9 Å². The highest BCUT2D eigenvalue weighted by molar-refractivity contribution is 5.98. The third kappa shape index (κ3) is 3.96. The first-order chi connectivity index (χ1) is 14.0. The summed E-state index contributed by atoms with van der Waals surface area (Å²) < 4.78 is 1.45.